The topological polar surface area (TPSA) is 70.6 Å². The quantitative estimate of drug-likeness (QED) is 0.455. The molecule has 2 aliphatic rings. The molecule has 1 fully saturated rings. The van der Waals surface area contributed by atoms with Crippen LogP contribution in [-0.4, -0.2) is 80.4 Å². The van der Waals surface area contributed by atoms with E-state index in [-0.39, 0.29) is 16.9 Å². The minimum Gasteiger partial charge on any atom is -0.415 e. The number of carbonyl (C=O) groups excluding carboxylic acids is 1. The van der Waals surface area contributed by atoms with Crippen molar-refractivity contribution in [3.63, 3.8) is 0 Å². The van der Waals surface area contributed by atoms with Crippen molar-refractivity contribution in [2.75, 3.05) is 39.6 Å². The Kier molecular flexibility index (Phi) is 8.15. The van der Waals surface area contributed by atoms with E-state index in [0.717, 1.165) is 41.7 Å². The Balaban J connectivity index is 1.47. The van der Waals surface area contributed by atoms with Gasteiger partial charge in [-0.15, -0.1) is 11.3 Å². The number of amides is 1. The number of anilines is 1. The maximum atomic E-state index is 13.6. The van der Waals surface area contributed by atoms with Crippen LogP contribution in [-0.2, 0) is 15.6 Å². The highest BCUT2D eigenvalue weighted by Crippen LogP contribution is 2.46. The molecule has 0 aliphatic heterocycles. The molecule has 200 valence electrons. The fraction of sp³-hybridized carbons (Fsp3) is 0.741. The zero-order chi connectivity index (χ0) is 26.3. The lowest BCUT2D eigenvalue weighted by atomic mass is 9.90. The average molecular weight is 532 g/mol. The summed E-state index contributed by atoms with van der Waals surface area (Å²) in [6.07, 6.45) is 8.15. The van der Waals surface area contributed by atoms with E-state index in [4.69, 9.17) is 4.43 Å². The van der Waals surface area contributed by atoms with Gasteiger partial charge < -0.3 is 19.5 Å². The van der Waals surface area contributed by atoms with Gasteiger partial charge in [0.05, 0.1) is 17.9 Å². The van der Waals surface area contributed by atoms with Gasteiger partial charge >= 0.3 is 0 Å². The van der Waals surface area contributed by atoms with Crippen molar-refractivity contribution in [2.45, 2.75) is 95.4 Å². The number of rotatable bonds is 8. The Morgan fingerprint density at radius 1 is 1.14 bits per heavy atom. The van der Waals surface area contributed by atoms with Crippen LogP contribution in [0.25, 0.3) is 10.2 Å². The third kappa shape index (κ3) is 5.64. The molecule has 2 aliphatic carbocycles. The molecule has 0 bridgehead atoms. The maximum absolute atomic E-state index is 13.6. The first-order chi connectivity index (χ1) is 16.9. The van der Waals surface area contributed by atoms with Crippen LogP contribution in [0.1, 0.15) is 69.2 Å². The summed E-state index contributed by atoms with van der Waals surface area (Å²) in [6, 6.07) is 1.08. The van der Waals surface area contributed by atoms with Gasteiger partial charge in [-0.2, -0.15) is 0 Å². The molecule has 2 aromatic rings. The number of aromatic nitrogens is 2. The highest BCUT2D eigenvalue weighted by molar-refractivity contribution is 7.19. The number of carbonyl (C=O) groups is 1. The SMILES string of the molecule is CN(CCO[Si](C)(C)C(C)(C)C)C(=O)C1CCc2sc3ncnc(N[C@H]4CC[C@H](N(C)C)CC4)c3c21. The largest absolute Gasteiger partial charge is 0.415 e. The number of aryl methyl sites for hydroxylation is 1. The van der Waals surface area contributed by atoms with Crippen LogP contribution in [0, 0.1) is 0 Å². The van der Waals surface area contributed by atoms with Gasteiger partial charge in [0.1, 0.15) is 17.0 Å². The Labute approximate surface area is 222 Å². The van der Waals surface area contributed by atoms with Crippen LogP contribution >= 0.6 is 11.3 Å². The first-order valence-corrected chi connectivity index (χ1v) is 17.2. The van der Waals surface area contributed by atoms with Gasteiger partial charge in [-0.25, -0.2) is 9.97 Å². The summed E-state index contributed by atoms with van der Waals surface area (Å²) >= 11 is 1.74. The lowest BCUT2D eigenvalue weighted by Crippen LogP contribution is -2.43. The smallest absolute Gasteiger partial charge is 0.230 e. The van der Waals surface area contributed by atoms with E-state index in [9.17, 15) is 4.79 Å². The summed E-state index contributed by atoms with van der Waals surface area (Å²) in [5.74, 6) is 0.977. The third-order valence-electron chi connectivity index (χ3n) is 8.75. The molecular formula is C27H45N5O2SSi. The summed E-state index contributed by atoms with van der Waals surface area (Å²) in [4.78, 5) is 29.4. The van der Waals surface area contributed by atoms with Crippen molar-refractivity contribution < 1.29 is 9.22 Å². The highest BCUT2D eigenvalue weighted by atomic mass is 32.1. The second kappa shape index (κ2) is 10.7. The molecule has 1 atom stereocenters. The minimum absolute atomic E-state index is 0.123. The van der Waals surface area contributed by atoms with Crippen molar-refractivity contribution in [3.05, 3.63) is 16.8 Å². The van der Waals surface area contributed by atoms with Crippen molar-refractivity contribution in [3.8, 4) is 0 Å². The molecule has 7 nitrogen and oxygen atoms in total. The molecule has 2 aromatic heterocycles. The normalized spacial score (nSPS) is 22.8. The van der Waals surface area contributed by atoms with Gasteiger partial charge in [0.25, 0.3) is 0 Å². The number of hydrogen-bond donors (Lipinski definition) is 1. The predicted molar refractivity (Wildman–Crippen MR) is 153 cm³/mol. The molecule has 9 heteroatoms. The summed E-state index contributed by atoms with van der Waals surface area (Å²) in [5.41, 5.74) is 1.17. The summed E-state index contributed by atoms with van der Waals surface area (Å²) in [6.45, 7) is 12.5. The molecule has 2 heterocycles. The maximum Gasteiger partial charge on any atom is 0.230 e. The van der Waals surface area contributed by atoms with Crippen LogP contribution in [0.4, 0.5) is 5.82 Å². The molecule has 0 aromatic carbocycles. The number of fused-ring (bicyclic) bond motifs is 3. The second-order valence-electron chi connectivity index (χ2n) is 12.4. The summed E-state index contributed by atoms with van der Waals surface area (Å²) in [7, 11) is 4.45. The van der Waals surface area contributed by atoms with E-state index < -0.39 is 8.32 Å². The third-order valence-corrected chi connectivity index (χ3v) is 14.5. The van der Waals surface area contributed by atoms with E-state index >= 15 is 0 Å². The van der Waals surface area contributed by atoms with E-state index in [2.05, 4.69) is 68.1 Å². The molecule has 0 radical (unpaired) electrons. The van der Waals surface area contributed by atoms with Gasteiger partial charge in [0.2, 0.25) is 5.91 Å². The van der Waals surface area contributed by atoms with E-state index in [1.165, 1.54) is 23.3 Å². The van der Waals surface area contributed by atoms with Gasteiger partial charge in [-0.3, -0.25) is 4.79 Å². The van der Waals surface area contributed by atoms with Crippen LogP contribution in [0.3, 0.4) is 0 Å². The summed E-state index contributed by atoms with van der Waals surface area (Å²) < 4.78 is 6.34. The van der Waals surface area contributed by atoms with Crippen LogP contribution in [0.5, 0.6) is 0 Å². The molecular weight excluding hydrogens is 486 g/mol. The predicted octanol–water partition coefficient (Wildman–Crippen LogP) is 5.49. The van der Waals surface area contributed by atoms with Gasteiger partial charge in [-0.1, -0.05) is 20.8 Å². The molecule has 36 heavy (non-hydrogen) atoms. The molecule has 0 spiro atoms. The van der Waals surface area contributed by atoms with Crippen LogP contribution in [0.15, 0.2) is 6.33 Å². The monoisotopic (exact) mass is 531 g/mol. The van der Waals surface area contributed by atoms with Crippen molar-refractivity contribution in [1.29, 1.82) is 0 Å². The van der Waals surface area contributed by atoms with Crippen molar-refractivity contribution in [2.24, 2.45) is 0 Å². The molecule has 4 rings (SSSR count). The average Bonchev–Trinajstić information content (AvgIpc) is 3.37. The van der Waals surface area contributed by atoms with E-state index in [0.29, 0.717) is 25.2 Å². The second-order valence-corrected chi connectivity index (χ2v) is 18.3. The molecule has 0 saturated heterocycles. The molecule has 1 N–H and O–H groups in total. The lowest BCUT2D eigenvalue weighted by Gasteiger charge is -2.36. The van der Waals surface area contributed by atoms with E-state index in [1.807, 2.05) is 11.9 Å². The Morgan fingerprint density at radius 2 is 1.83 bits per heavy atom. The van der Waals surface area contributed by atoms with Crippen molar-refractivity contribution in [1.82, 2.24) is 19.8 Å². The minimum atomic E-state index is -1.82. The fourth-order valence-corrected chi connectivity index (χ4v) is 7.54. The van der Waals surface area contributed by atoms with Crippen LogP contribution in [0.2, 0.25) is 18.1 Å². The fourth-order valence-electron chi connectivity index (χ4n) is 5.29. The number of nitrogens with zero attached hydrogens (tertiary/aromatic N) is 4. The Morgan fingerprint density at radius 3 is 2.47 bits per heavy atom. The Hall–Kier alpha value is -1.55. The highest BCUT2D eigenvalue weighted by Gasteiger charge is 2.38. The molecule has 1 amide bonds. The van der Waals surface area contributed by atoms with Crippen molar-refractivity contribution >= 4 is 41.6 Å². The number of likely N-dealkylation sites (N-methyl/N-ethyl adjacent to an activating group) is 1. The van der Waals surface area contributed by atoms with Gasteiger partial charge in [0.15, 0.2) is 8.32 Å². The number of nitrogens with one attached hydrogen (secondary N) is 1. The lowest BCUT2D eigenvalue weighted by molar-refractivity contribution is -0.131. The van der Waals surface area contributed by atoms with Gasteiger partial charge in [0, 0.05) is 30.6 Å². The number of hydrogen-bond acceptors (Lipinski definition) is 7. The zero-order valence-electron chi connectivity index (χ0n) is 23.5. The first-order valence-electron chi connectivity index (χ1n) is 13.5. The summed E-state index contributed by atoms with van der Waals surface area (Å²) in [5, 5.41) is 4.99. The molecule has 1 saturated carbocycles. The standard InChI is InChI=1S/C27H45N5O2SSi/c1-27(2,3)36(7,8)34-16-15-32(6)26(33)20-13-14-21-22(20)23-24(28-17-29-25(23)35-21)30-18-9-11-19(12-10-18)31(4)5/h17-20H,9-16H2,1-8H3,(H,28,29,30)/t18-,19-,20?. The van der Waals surface area contributed by atoms with Gasteiger partial charge in [-0.05, 0) is 76.3 Å². The zero-order valence-corrected chi connectivity index (χ0v) is 25.3. The van der Waals surface area contributed by atoms with E-state index in [1.54, 1.807) is 17.7 Å². The Bertz CT molecular complexity index is 1070. The first kappa shape index (κ1) is 27.5. The van der Waals surface area contributed by atoms with Crippen LogP contribution < -0.4 is 5.32 Å². The number of thiophene rings is 1. The molecule has 1 unspecified atom stereocenters.